The predicted molar refractivity (Wildman–Crippen MR) is 72.3 cm³/mol. The average molecular weight is 241 g/mol. The molecule has 18 heavy (non-hydrogen) atoms. The molecule has 0 saturated heterocycles. The maximum atomic E-state index is 5.37. The highest BCUT2D eigenvalue weighted by molar-refractivity contribution is 5.98. The highest BCUT2D eigenvalue weighted by Crippen LogP contribution is 2.19. The lowest BCUT2D eigenvalue weighted by Gasteiger charge is -2.03. The third-order valence-electron chi connectivity index (χ3n) is 2.52. The maximum absolute atomic E-state index is 5.37. The fourth-order valence-electron chi connectivity index (χ4n) is 1.51. The zero-order chi connectivity index (χ0) is 12.8. The molecule has 0 amide bonds. The zero-order valence-corrected chi connectivity index (χ0v) is 10.5. The minimum Gasteiger partial charge on any atom is -0.497 e. The number of methoxy groups -OCH3 is 1. The van der Waals surface area contributed by atoms with Gasteiger partial charge in [0, 0.05) is 6.07 Å². The topological polar surface area (TPSA) is 30.8 Å². The minimum absolute atomic E-state index is 0.657. The summed E-state index contributed by atoms with van der Waals surface area (Å²) in [4.78, 5) is 5.37. The van der Waals surface area contributed by atoms with Crippen LogP contribution < -0.4 is 9.57 Å². The van der Waals surface area contributed by atoms with E-state index in [4.69, 9.17) is 9.57 Å². The lowest BCUT2D eigenvalue weighted by Crippen LogP contribution is -1.97. The molecule has 0 aliphatic rings. The van der Waals surface area contributed by atoms with Crippen molar-refractivity contribution in [3.63, 3.8) is 0 Å². The van der Waals surface area contributed by atoms with E-state index < -0.39 is 0 Å². The number of hydrogen-bond acceptors (Lipinski definition) is 3. The molecule has 0 saturated carbocycles. The minimum atomic E-state index is 0.657. The van der Waals surface area contributed by atoms with Crippen molar-refractivity contribution >= 4 is 5.71 Å². The van der Waals surface area contributed by atoms with Crippen LogP contribution in [0.4, 0.5) is 0 Å². The summed E-state index contributed by atoms with van der Waals surface area (Å²) in [6, 6.07) is 17.3. The largest absolute Gasteiger partial charge is 0.497 e. The molecule has 0 unspecified atom stereocenters. The van der Waals surface area contributed by atoms with Crippen molar-refractivity contribution in [1.29, 1.82) is 0 Å². The number of ether oxygens (including phenoxy) is 1. The molecule has 0 aliphatic heterocycles. The molecule has 2 aromatic rings. The van der Waals surface area contributed by atoms with Crippen LogP contribution in [-0.4, -0.2) is 12.8 Å². The molecule has 3 heteroatoms. The normalized spacial score (nSPS) is 11.1. The zero-order valence-electron chi connectivity index (χ0n) is 10.5. The van der Waals surface area contributed by atoms with Gasteiger partial charge in [-0.1, -0.05) is 41.6 Å². The first-order valence-corrected chi connectivity index (χ1v) is 5.70. The van der Waals surface area contributed by atoms with Gasteiger partial charge in [0.2, 0.25) is 0 Å². The van der Waals surface area contributed by atoms with Crippen LogP contribution in [0.15, 0.2) is 59.8 Å². The van der Waals surface area contributed by atoms with Crippen molar-refractivity contribution in [3.8, 4) is 11.5 Å². The van der Waals surface area contributed by atoms with Gasteiger partial charge in [-0.05, 0) is 24.6 Å². The Balaban J connectivity index is 2.10. The van der Waals surface area contributed by atoms with Crippen LogP contribution in [0.3, 0.4) is 0 Å². The molecule has 0 heterocycles. The highest BCUT2D eigenvalue weighted by Gasteiger charge is 1.98. The third kappa shape index (κ3) is 3.10. The van der Waals surface area contributed by atoms with E-state index in [-0.39, 0.29) is 0 Å². The summed E-state index contributed by atoms with van der Waals surface area (Å²) >= 11 is 0. The molecule has 0 spiro atoms. The molecule has 2 rings (SSSR count). The predicted octanol–water partition coefficient (Wildman–Crippen LogP) is 3.50. The van der Waals surface area contributed by atoms with Gasteiger partial charge in [0.05, 0.1) is 12.8 Å². The standard InChI is InChI=1S/C15H15NO2/c1-12(13-7-4-3-5-8-13)16-18-15-10-6-9-14(11-15)17-2/h3-11H,1-2H3/b16-12+. The van der Waals surface area contributed by atoms with Crippen molar-refractivity contribution in [1.82, 2.24) is 0 Å². The van der Waals surface area contributed by atoms with E-state index in [0.717, 1.165) is 17.0 Å². The summed E-state index contributed by atoms with van der Waals surface area (Å²) < 4.78 is 5.12. The number of nitrogens with zero attached hydrogens (tertiary/aromatic N) is 1. The van der Waals surface area contributed by atoms with Crippen molar-refractivity contribution in [2.75, 3.05) is 7.11 Å². The molecule has 0 atom stereocenters. The number of oxime groups is 1. The van der Waals surface area contributed by atoms with E-state index in [1.165, 1.54) is 0 Å². The Morgan fingerprint density at radius 2 is 1.67 bits per heavy atom. The van der Waals surface area contributed by atoms with Gasteiger partial charge >= 0.3 is 0 Å². The SMILES string of the molecule is COc1cccc(O/N=C(\C)c2ccccc2)c1. The van der Waals surface area contributed by atoms with E-state index in [0.29, 0.717) is 5.75 Å². The summed E-state index contributed by atoms with van der Waals surface area (Å²) in [6.07, 6.45) is 0. The quantitative estimate of drug-likeness (QED) is 0.606. The second-order valence-electron chi connectivity index (χ2n) is 3.81. The number of rotatable bonds is 4. The Hall–Kier alpha value is -2.29. The van der Waals surface area contributed by atoms with Crippen molar-refractivity contribution in [2.24, 2.45) is 5.16 Å². The Labute approximate surface area is 107 Å². The van der Waals surface area contributed by atoms with Gasteiger partial charge in [-0.3, -0.25) is 0 Å². The fourth-order valence-corrected chi connectivity index (χ4v) is 1.51. The molecule has 0 aliphatic carbocycles. The van der Waals surface area contributed by atoms with Gasteiger partial charge in [0.15, 0.2) is 5.75 Å². The summed E-state index contributed by atoms with van der Waals surface area (Å²) in [5.74, 6) is 1.41. The van der Waals surface area contributed by atoms with Crippen LogP contribution >= 0.6 is 0 Å². The summed E-state index contributed by atoms with van der Waals surface area (Å²) in [5.41, 5.74) is 1.87. The van der Waals surface area contributed by atoms with Gasteiger partial charge in [-0.25, -0.2) is 0 Å². The van der Waals surface area contributed by atoms with Crippen LogP contribution in [0.1, 0.15) is 12.5 Å². The van der Waals surface area contributed by atoms with Gasteiger partial charge in [0.1, 0.15) is 5.75 Å². The van der Waals surface area contributed by atoms with Crippen LogP contribution in [0.5, 0.6) is 11.5 Å². The molecule has 0 bridgehead atoms. The van der Waals surface area contributed by atoms with E-state index in [9.17, 15) is 0 Å². The Bertz CT molecular complexity index is 535. The smallest absolute Gasteiger partial charge is 0.161 e. The first-order chi connectivity index (χ1) is 8.79. The summed E-state index contributed by atoms with van der Waals surface area (Å²) in [6.45, 7) is 1.91. The Morgan fingerprint density at radius 1 is 0.944 bits per heavy atom. The van der Waals surface area contributed by atoms with Crippen LogP contribution in [0.2, 0.25) is 0 Å². The van der Waals surface area contributed by atoms with Gasteiger partial charge in [0.25, 0.3) is 0 Å². The maximum Gasteiger partial charge on any atom is 0.161 e. The monoisotopic (exact) mass is 241 g/mol. The van der Waals surface area contributed by atoms with Gasteiger partial charge in [-0.15, -0.1) is 0 Å². The number of hydrogen-bond donors (Lipinski definition) is 0. The summed E-state index contributed by atoms with van der Waals surface area (Å²) in [7, 11) is 1.62. The molecule has 0 N–H and O–H groups in total. The van der Waals surface area contributed by atoms with E-state index in [2.05, 4.69) is 5.16 Å². The second-order valence-corrected chi connectivity index (χ2v) is 3.81. The van der Waals surface area contributed by atoms with Gasteiger partial charge in [-0.2, -0.15) is 0 Å². The van der Waals surface area contributed by atoms with Crippen LogP contribution in [0.25, 0.3) is 0 Å². The third-order valence-corrected chi connectivity index (χ3v) is 2.52. The molecule has 2 aromatic carbocycles. The molecule has 0 fully saturated rings. The lowest BCUT2D eigenvalue weighted by molar-refractivity contribution is 0.337. The first kappa shape index (κ1) is 12.2. The Kier molecular flexibility index (Phi) is 3.97. The van der Waals surface area contributed by atoms with Crippen molar-refractivity contribution < 1.29 is 9.57 Å². The van der Waals surface area contributed by atoms with E-state index >= 15 is 0 Å². The van der Waals surface area contributed by atoms with Gasteiger partial charge < -0.3 is 9.57 Å². The molecular weight excluding hydrogens is 226 g/mol. The molecule has 92 valence electrons. The molecule has 0 aromatic heterocycles. The van der Waals surface area contributed by atoms with E-state index in [1.807, 2.05) is 55.5 Å². The molecular formula is C15H15NO2. The molecule has 3 nitrogen and oxygen atoms in total. The van der Waals surface area contributed by atoms with Crippen molar-refractivity contribution in [2.45, 2.75) is 6.92 Å². The number of benzene rings is 2. The van der Waals surface area contributed by atoms with Crippen molar-refractivity contribution in [3.05, 3.63) is 60.2 Å². The summed E-state index contributed by atoms with van der Waals surface area (Å²) in [5, 5.41) is 4.10. The fraction of sp³-hybridized carbons (Fsp3) is 0.133. The van der Waals surface area contributed by atoms with E-state index in [1.54, 1.807) is 13.2 Å². The molecule has 0 radical (unpaired) electrons. The Morgan fingerprint density at radius 3 is 2.39 bits per heavy atom. The van der Waals surface area contributed by atoms with Crippen LogP contribution in [-0.2, 0) is 0 Å². The second kappa shape index (κ2) is 5.87. The first-order valence-electron chi connectivity index (χ1n) is 5.70. The average Bonchev–Trinajstić information content (AvgIpc) is 2.46. The van der Waals surface area contributed by atoms with Crippen LogP contribution in [0, 0.1) is 0 Å². The highest BCUT2D eigenvalue weighted by atomic mass is 16.6. The lowest BCUT2D eigenvalue weighted by atomic mass is 10.1.